The van der Waals surface area contributed by atoms with Crippen molar-refractivity contribution in [3.05, 3.63) is 24.3 Å². The second-order valence-corrected chi connectivity index (χ2v) is 17.9. The van der Waals surface area contributed by atoms with Gasteiger partial charge in [0.15, 0.2) is 0 Å². The van der Waals surface area contributed by atoms with E-state index in [9.17, 15) is 19.8 Å². The first-order valence-electron chi connectivity index (χ1n) is 26.1. The molecule has 3 unspecified atom stereocenters. The molecular formula is C53H101NO5. The Morgan fingerprint density at radius 1 is 0.508 bits per heavy atom. The third kappa shape index (κ3) is 42.8. The number of rotatable bonds is 47. The van der Waals surface area contributed by atoms with E-state index in [2.05, 4.69) is 38.2 Å². The predicted octanol–water partition coefficient (Wildman–Crippen LogP) is 15.5. The Kier molecular flexibility index (Phi) is 46.1. The molecule has 0 radical (unpaired) electrons. The van der Waals surface area contributed by atoms with Gasteiger partial charge in [-0.05, 0) is 38.2 Å². The highest BCUT2D eigenvalue weighted by Gasteiger charge is 2.23. The molecule has 3 atom stereocenters. The summed E-state index contributed by atoms with van der Waals surface area (Å²) in [6.45, 7) is 6.46. The predicted molar refractivity (Wildman–Crippen MR) is 255 cm³/mol. The number of carbonyl (C=O) groups excluding carboxylic acids is 2. The molecule has 0 aromatic heterocycles. The van der Waals surface area contributed by atoms with E-state index in [1.54, 1.807) is 0 Å². The van der Waals surface area contributed by atoms with Gasteiger partial charge in [0.25, 0.3) is 0 Å². The van der Waals surface area contributed by atoms with Crippen LogP contribution in [0, 0.1) is 0 Å². The molecular weight excluding hydrogens is 731 g/mol. The van der Waals surface area contributed by atoms with Crippen LogP contribution >= 0.6 is 0 Å². The van der Waals surface area contributed by atoms with Gasteiger partial charge >= 0.3 is 5.97 Å². The summed E-state index contributed by atoms with van der Waals surface area (Å²) in [5.41, 5.74) is 0. The molecule has 0 bridgehead atoms. The molecule has 0 aliphatic rings. The van der Waals surface area contributed by atoms with Crippen molar-refractivity contribution in [1.29, 1.82) is 0 Å². The molecule has 0 saturated heterocycles. The first-order chi connectivity index (χ1) is 29.0. The number of nitrogens with one attached hydrogen (secondary N) is 1. The van der Waals surface area contributed by atoms with E-state index in [1.807, 2.05) is 12.2 Å². The Hall–Kier alpha value is -1.66. The van der Waals surface area contributed by atoms with Gasteiger partial charge in [-0.25, -0.2) is 0 Å². The van der Waals surface area contributed by atoms with E-state index < -0.39 is 18.2 Å². The average Bonchev–Trinajstić information content (AvgIpc) is 3.23. The average molecular weight is 832 g/mol. The SMILES string of the molecule is CCCCCCCC/C=C\C/C=C/C(CC(=O)NC(CO)C(O)CCCCCCCCCCCCCCCC)OC(=O)CCCCCCCCCCCCCCCCC. The van der Waals surface area contributed by atoms with Crippen LogP contribution in [0.5, 0.6) is 0 Å². The molecule has 0 aromatic carbocycles. The van der Waals surface area contributed by atoms with Crippen molar-refractivity contribution in [2.75, 3.05) is 6.61 Å². The van der Waals surface area contributed by atoms with Gasteiger partial charge < -0.3 is 20.3 Å². The van der Waals surface area contributed by atoms with Crippen molar-refractivity contribution < 1.29 is 24.5 Å². The Morgan fingerprint density at radius 3 is 1.32 bits per heavy atom. The second kappa shape index (κ2) is 47.4. The van der Waals surface area contributed by atoms with Gasteiger partial charge in [-0.1, -0.05) is 251 Å². The Bertz CT molecular complexity index is 935. The van der Waals surface area contributed by atoms with E-state index in [4.69, 9.17) is 4.74 Å². The number of aliphatic hydroxyl groups is 2. The van der Waals surface area contributed by atoms with Crippen LogP contribution in [-0.2, 0) is 14.3 Å². The minimum Gasteiger partial charge on any atom is -0.458 e. The van der Waals surface area contributed by atoms with Crippen LogP contribution in [-0.4, -0.2) is 46.9 Å². The van der Waals surface area contributed by atoms with Gasteiger partial charge in [0.05, 0.1) is 25.2 Å². The number of ether oxygens (including phenoxy) is 1. The molecule has 0 saturated carbocycles. The van der Waals surface area contributed by atoms with E-state index in [-0.39, 0.29) is 24.9 Å². The molecule has 59 heavy (non-hydrogen) atoms. The molecule has 0 aliphatic heterocycles. The van der Waals surface area contributed by atoms with Gasteiger partial charge in [-0.3, -0.25) is 9.59 Å². The van der Waals surface area contributed by atoms with E-state index in [0.717, 1.165) is 51.4 Å². The normalized spacial score (nSPS) is 13.4. The molecule has 0 fully saturated rings. The van der Waals surface area contributed by atoms with Gasteiger partial charge in [-0.2, -0.15) is 0 Å². The van der Waals surface area contributed by atoms with Gasteiger partial charge in [0.1, 0.15) is 6.10 Å². The molecule has 1 amide bonds. The van der Waals surface area contributed by atoms with Crippen LogP contribution < -0.4 is 5.32 Å². The smallest absolute Gasteiger partial charge is 0.306 e. The quantitative estimate of drug-likeness (QED) is 0.0322. The zero-order valence-electron chi connectivity index (χ0n) is 39.7. The number of allylic oxidation sites excluding steroid dienone is 3. The van der Waals surface area contributed by atoms with Crippen LogP contribution in [0.15, 0.2) is 24.3 Å². The highest BCUT2D eigenvalue weighted by Crippen LogP contribution is 2.17. The number of aliphatic hydroxyl groups excluding tert-OH is 2. The topological polar surface area (TPSA) is 95.9 Å². The first kappa shape index (κ1) is 57.3. The molecule has 0 heterocycles. The fraction of sp³-hybridized carbons (Fsp3) is 0.887. The summed E-state index contributed by atoms with van der Waals surface area (Å²) < 4.78 is 5.83. The number of hydrogen-bond acceptors (Lipinski definition) is 5. The maximum absolute atomic E-state index is 13.1. The highest BCUT2D eigenvalue weighted by atomic mass is 16.5. The molecule has 6 heteroatoms. The number of carbonyl (C=O) groups is 2. The third-order valence-electron chi connectivity index (χ3n) is 12.0. The molecule has 6 nitrogen and oxygen atoms in total. The number of amides is 1. The Balaban J connectivity index is 4.55. The van der Waals surface area contributed by atoms with Crippen LogP contribution in [0.2, 0.25) is 0 Å². The van der Waals surface area contributed by atoms with E-state index in [0.29, 0.717) is 12.8 Å². The molecule has 0 rings (SSSR count). The number of esters is 1. The minimum atomic E-state index is -0.806. The fourth-order valence-electron chi connectivity index (χ4n) is 8.04. The monoisotopic (exact) mass is 832 g/mol. The first-order valence-corrected chi connectivity index (χ1v) is 26.1. The molecule has 0 aliphatic carbocycles. The molecule has 348 valence electrons. The maximum atomic E-state index is 13.1. The summed E-state index contributed by atoms with van der Waals surface area (Å²) in [5.74, 6) is -0.589. The molecule has 0 spiro atoms. The van der Waals surface area contributed by atoms with Crippen LogP contribution in [0.3, 0.4) is 0 Å². The van der Waals surface area contributed by atoms with Crippen LogP contribution in [0.1, 0.15) is 278 Å². The number of unbranched alkanes of at least 4 members (excludes halogenated alkanes) is 33. The number of hydrogen-bond donors (Lipinski definition) is 3. The van der Waals surface area contributed by atoms with Crippen LogP contribution in [0.25, 0.3) is 0 Å². The van der Waals surface area contributed by atoms with E-state index in [1.165, 1.54) is 186 Å². The lowest BCUT2D eigenvalue weighted by molar-refractivity contribution is -0.148. The maximum Gasteiger partial charge on any atom is 0.306 e. The fourth-order valence-corrected chi connectivity index (χ4v) is 8.04. The Labute approximate surface area is 367 Å². The zero-order valence-corrected chi connectivity index (χ0v) is 39.7. The minimum absolute atomic E-state index is 0.0232. The van der Waals surface area contributed by atoms with Gasteiger partial charge in [0, 0.05) is 6.42 Å². The van der Waals surface area contributed by atoms with Crippen molar-refractivity contribution in [3.8, 4) is 0 Å². The lowest BCUT2D eigenvalue weighted by Gasteiger charge is -2.23. The van der Waals surface area contributed by atoms with Gasteiger partial charge in [0.2, 0.25) is 5.91 Å². The highest BCUT2D eigenvalue weighted by molar-refractivity contribution is 5.78. The zero-order chi connectivity index (χ0) is 43.1. The Morgan fingerprint density at radius 2 is 0.898 bits per heavy atom. The summed E-state index contributed by atoms with van der Waals surface area (Å²) in [5, 5.41) is 23.7. The molecule has 0 aromatic rings. The van der Waals surface area contributed by atoms with E-state index >= 15 is 0 Å². The van der Waals surface area contributed by atoms with Crippen molar-refractivity contribution in [1.82, 2.24) is 5.32 Å². The van der Waals surface area contributed by atoms with Gasteiger partial charge in [-0.15, -0.1) is 0 Å². The summed E-state index contributed by atoms with van der Waals surface area (Å²) in [6, 6.07) is -0.727. The van der Waals surface area contributed by atoms with Crippen molar-refractivity contribution in [3.63, 3.8) is 0 Å². The standard InChI is InChI=1S/C53H101NO5/c1-4-7-10-13-16-19-22-24-26-28-31-34-37-40-43-46-53(58)59-49(44-41-38-35-32-29-21-18-15-12-9-6-3)47-52(57)54-50(48-55)51(56)45-42-39-36-33-30-27-25-23-20-17-14-11-8-5-2/h32,35,41,44,49-51,55-56H,4-31,33-34,36-40,42-43,45-48H2,1-3H3,(H,54,57)/b35-32-,44-41+. The summed E-state index contributed by atoms with van der Waals surface area (Å²) >= 11 is 0. The third-order valence-corrected chi connectivity index (χ3v) is 12.0. The lowest BCUT2D eigenvalue weighted by atomic mass is 10.0. The summed E-state index contributed by atoms with van der Waals surface area (Å²) in [7, 11) is 0. The van der Waals surface area contributed by atoms with Crippen molar-refractivity contribution in [2.45, 2.75) is 296 Å². The largest absolute Gasteiger partial charge is 0.458 e. The summed E-state index contributed by atoms with van der Waals surface area (Å²) in [6.07, 6.45) is 54.1. The van der Waals surface area contributed by atoms with Crippen molar-refractivity contribution in [2.24, 2.45) is 0 Å². The van der Waals surface area contributed by atoms with Crippen LogP contribution in [0.4, 0.5) is 0 Å². The molecule has 3 N–H and O–H groups in total. The summed E-state index contributed by atoms with van der Waals surface area (Å²) in [4.78, 5) is 26.0. The van der Waals surface area contributed by atoms with Crippen molar-refractivity contribution >= 4 is 11.9 Å². The lowest BCUT2D eigenvalue weighted by Crippen LogP contribution is -2.46. The second-order valence-electron chi connectivity index (χ2n) is 17.9.